The molecule has 1 fully saturated rings. The van der Waals surface area contributed by atoms with Crippen molar-refractivity contribution in [2.24, 2.45) is 0 Å². The van der Waals surface area contributed by atoms with E-state index in [0.717, 1.165) is 9.87 Å². The van der Waals surface area contributed by atoms with E-state index in [9.17, 15) is 17.6 Å². The quantitative estimate of drug-likeness (QED) is 0.822. The van der Waals surface area contributed by atoms with Crippen LogP contribution in [0, 0.1) is 12.7 Å². The predicted molar refractivity (Wildman–Crippen MR) is 102 cm³/mol. The molecule has 0 spiro atoms. The number of nitrogens with one attached hydrogen (secondary N) is 1. The molecule has 2 aromatic rings. The number of rotatable bonds is 5. The van der Waals surface area contributed by atoms with Gasteiger partial charge in [-0.1, -0.05) is 29.8 Å². The van der Waals surface area contributed by atoms with E-state index in [-0.39, 0.29) is 32.0 Å². The van der Waals surface area contributed by atoms with Gasteiger partial charge in [0, 0.05) is 30.3 Å². The van der Waals surface area contributed by atoms with Crippen LogP contribution in [0.3, 0.4) is 0 Å². The molecule has 144 valence electrons. The Bertz CT molecular complexity index is 951. The van der Waals surface area contributed by atoms with E-state index in [1.807, 2.05) is 6.92 Å². The molecule has 0 radical (unpaired) electrons. The third kappa shape index (κ3) is 4.65. The maximum atomic E-state index is 13.0. The minimum atomic E-state index is -3.76. The van der Waals surface area contributed by atoms with E-state index in [4.69, 9.17) is 11.6 Å². The van der Waals surface area contributed by atoms with Crippen LogP contribution in [0.5, 0.6) is 0 Å². The summed E-state index contributed by atoms with van der Waals surface area (Å²) in [5.41, 5.74) is 2.06. The van der Waals surface area contributed by atoms with Crippen LogP contribution < -0.4 is 5.32 Å². The van der Waals surface area contributed by atoms with E-state index in [0.29, 0.717) is 16.3 Å². The molecule has 27 heavy (non-hydrogen) atoms. The molecule has 1 aliphatic heterocycles. The third-order valence-electron chi connectivity index (χ3n) is 4.32. The van der Waals surface area contributed by atoms with Crippen molar-refractivity contribution in [2.75, 3.05) is 25.0 Å². The number of benzene rings is 2. The molecular formula is C18H19ClFN3O3S. The summed E-state index contributed by atoms with van der Waals surface area (Å²) in [7, 11) is -3.76. The second kappa shape index (κ2) is 7.93. The standard InChI is InChI=1S/C18H19ClFN3O3S/c1-13-2-5-15(19)10-17(13)21-18(24)12-23-9-8-22(27(23,25)26)11-14-3-6-16(20)7-4-14/h2-7,10H,8-9,11-12H2,1H3,(H,21,24). The maximum absolute atomic E-state index is 13.0. The minimum absolute atomic E-state index is 0.133. The van der Waals surface area contributed by atoms with Gasteiger partial charge < -0.3 is 5.32 Å². The summed E-state index contributed by atoms with van der Waals surface area (Å²) in [6.07, 6.45) is 0. The molecule has 0 atom stereocenters. The molecule has 3 rings (SSSR count). The summed E-state index contributed by atoms with van der Waals surface area (Å²) in [6.45, 7) is 2.15. The fourth-order valence-corrected chi connectivity index (χ4v) is 4.53. The number of carbonyl (C=O) groups excluding carboxylic acids is 1. The summed E-state index contributed by atoms with van der Waals surface area (Å²) >= 11 is 5.93. The van der Waals surface area contributed by atoms with Gasteiger partial charge in [-0.05, 0) is 42.3 Å². The van der Waals surface area contributed by atoms with Crippen LogP contribution in [0.25, 0.3) is 0 Å². The first-order valence-corrected chi connectivity index (χ1v) is 10.1. The highest BCUT2D eigenvalue weighted by Crippen LogP contribution is 2.22. The van der Waals surface area contributed by atoms with Crippen LogP contribution >= 0.6 is 11.6 Å². The fourth-order valence-electron chi connectivity index (χ4n) is 2.81. The average Bonchev–Trinajstić information content (AvgIpc) is 2.87. The molecule has 6 nitrogen and oxygen atoms in total. The van der Waals surface area contributed by atoms with Crippen molar-refractivity contribution in [1.29, 1.82) is 0 Å². The Morgan fingerprint density at radius 1 is 1.15 bits per heavy atom. The molecule has 0 aromatic heterocycles. The molecular weight excluding hydrogens is 393 g/mol. The smallest absolute Gasteiger partial charge is 0.282 e. The average molecular weight is 412 g/mol. The number of anilines is 1. The maximum Gasteiger partial charge on any atom is 0.282 e. The van der Waals surface area contributed by atoms with Gasteiger partial charge in [0.25, 0.3) is 10.2 Å². The van der Waals surface area contributed by atoms with Gasteiger partial charge in [-0.2, -0.15) is 17.0 Å². The van der Waals surface area contributed by atoms with Gasteiger partial charge in [0.1, 0.15) is 5.82 Å². The second-order valence-corrected chi connectivity index (χ2v) is 8.67. The minimum Gasteiger partial charge on any atom is -0.325 e. The zero-order valence-corrected chi connectivity index (χ0v) is 16.2. The van der Waals surface area contributed by atoms with Crippen molar-refractivity contribution in [1.82, 2.24) is 8.61 Å². The van der Waals surface area contributed by atoms with E-state index in [1.54, 1.807) is 30.3 Å². The van der Waals surface area contributed by atoms with Crippen molar-refractivity contribution in [3.05, 3.63) is 64.4 Å². The number of halogens is 2. The van der Waals surface area contributed by atoms with Crippen LogP contribution in [0.4, 0.5) is 10.1 Å². The molecule has 1 N–H and O–H groups in total. The Morgan fingerprint density at radius 2 is 1.81 bits per heavy atom. The van der Waals surface area contributed by atoms with Gasteiger partial charge in [-0.25, -0.2) is 4.39 Å². The Hall–Kier alpha value is -2.00. The zero-order chi connectivity index (χ0) is 19.6. The normalized spacial score (nSPS) is 17.1. The summed E-state index contributed by atoms with van der Waals surface area (Å²) in [5, 5.41) is 3.18. The number of amides is 1. The van der Waals surface area contributed by atoms with E-state index >= 15 is 0 Å². The molecule has 2 aromatic carbocycles. The molecule has 9 heteroatoms. The second-order valence-electron chi connectivity index (χ2n) is 6.31. The first kappa shape index (κ1) is 19.8. The van der Waals surface area contributed by atoms with Crippen LogP contribution in [-0.2, 0) is 21.5 Å². The van der Waals surface area contributed by atoms with Gasteiger partial charge in [0.2, 0.25) is 5.91 Å². The highest BCUT2D eigenvalue weighted by Gasteiger charge is 2.37. The lowest BCUT2D eigenvalue weighted by molar-refractivity contribution is -0.116. The Balaban J connectivity index is 1.64. The summed E-state index contributed by atoms with van der Waals surface area (Å²) in [4.78, 5) is 12.3. The van der Waals surface area contributed by atoms with Crippen LogP contribution in [0.1, 0.15) is 11.1 Å². The van der Waals surface area contributed by atoms with Crippen molar-refractivity contribution >= 4 is 33.4 Å². The van der Waals surface area contributed by atoms with Gasteiger partial charge in [-0.3, -0.25) is 4.79 Å². The van der Waals surface area contributed by atoms with Crippen molar-refractivity contribution in [3.8, 4) is 0 Å². The number of hydrogen-bond acceptors (Lipinski definition) is 3. The van der Waals surface area contributed by atoms with Crippen molar-refractivity contribution in [3.63, 3.8) is 0 Å². The summed E-state index contributed by atoms with van der Waals surface area (Å²) in [6, 6.07) is 10.8. The van der Waals surface area contributed by atoms with Crippen LogP contribution in [-0.4, -0.2) is 42.6 Å². The molecule has 1 aliphatic rings. The van der Waals surface area contributed by atoms with Gasteiger partial charge in [-0.15, -0.1) is 0 Å². The van der Waals surface area contributed by atoms with Crippen LogP contribution in [0.2, 0.25) is 5.02 Å². The van der Waals surface area contributed by atoms with E-state index < -0.39 is 16.1 Å². The molecule has 0 aliphatic carbocycles. The Morgan fingerprint density at radius 3 is 2.52 bits per heavy atom. The van der Waals surface area contributed by atoms with Crippen molar-refractivity contribution in [2.45, 2.75) is 13.5 Å². The number of carbonyl (C=O) groups is 1. The largest absolute Gasteiger partial charge is 0.325 e. The lowest BCUT2D eigenvalue weighted by Crippen LogP contribution is -2.37. The first-order chi connectivity index (χ1) is 12.8. The fraction of sp³-hybridized carbons (Fsp3) is 0.278. The Kier molecular flexibility index (Phi) is 5.81. The van der Waals surface area contributed by atoms with Crippen molar-refractivity contribution < 1.29 is 17.6 Å². The van der Waals surface area contributed by atoms with Gasteiger partial charge in [0.05, 0.1) is 6.54 Å². The number of nitrogens with zero attached hydrogens (tertiary/aromatic N) is 2. The number of hydrogen-bond donors (Lipinski definition) is 1. The van der Waals surface area contributed by atoms with Crippen LogP contribution in [0.15, 0.2) is 42.5 Å². The summed E-state index contributed by atoms with van der Waals surface area (Å²) < 4.78 is 40.7. The summed E-state index contributed by atoms with van der Waals surface area (Å²) in [5.74, 6) is -0.815. The molecule has 0 bridgehead atoms. The SMILES string of the molecule is Cc1ccc(Cl)cc1NC(=O)CN1CCN(Cc2ccc(F)cc2)S1(=O)=O. The highest BCUT2D eigenvalue weighted by atomic mass is 35.5. The number of aryl methyl sites for hydroxylation is 1. The lowest BCUT2D eigenvalue weighted by Gasteiger charge is -2.18. The van der Waals surface area contributed by atoms with E-state index in [2.05, 4.69) is 5.32 Å². The molecule has 0 unspecified atom stereocenters. The third-order valence-corrected chi connectivity index (χ3v) is 6.48. The lowest BCUT2D eigenvalue weighted by atomic mass is 10.2. The highest BCUT2D eigenvalue weighted by molar-refractivity contribution is 7.87. The first-order valence-electron chi connectivity index (χ1n) is 8.31. The molecule has 1 amide bonds. The molecule has 0 saturated carbocycles. The van der Waals surface area contributed by atoms with Gasteiger partial charge in [0.15, 0.2) is 0 Å². The topological polar surface area (TPSA) is 69.7 Å². The Labute approximate surface area is 162 Å². The zero-order valence-electron chi connectivity index (χ0n) is 14.7. The monoisotopic (exact) mass is 411 g/mol. The molecule has 1 saturated heterocycles. The predicted octanol–water partition coefficient (Wildman–Crippen LogP) is 2.79. The van der Waals surface area contributed by atoms with Gasteiger partial charge >= 0.3 is 0 Å². The molecule has 1 heterocycles. The van der Waals surface area contributed by atoms with E-state index in [1.165, 1.54) is 16.4 Å².